The minimum atomic E-state index is -0.0473. The third-order valence-corrected chi connectivity index (χ3v) is 35.2. The predicted molar refractivity (Wildman–Crippen MR) is 519 cm³/mol. The average molecular weight is 1670 g/mol. The molecule has 12 atom stereocenters. The van der Waals surface area contributed by atoms with E-state index in [2.05, 4.69) is 399 Å². The summed E-state index contributed by atoms with van der Waals surface area (Å²) >= 11 is 0. The van der Waals surface area contributed by atoms with E-state index in [0.29, 0.717) is 52.6 Å². The number of benzene rings is 6. The van der Waals surface area contributed by atoms with Gasteiger partial charge >= 0.3 is 0 Å². The normalized spacial score (nSPS) is 33.2. The first-order valence-corrected chi connectivity index (χ1v) is 48.2. The Morgan fingerprint density at radius 1 is 0.282 bits per heavy atom. The molecule has 11 aliphatic heterocycles. The van der Waals surface area contributed by atoms with Crippen molar-refractivity contribution in [2.24, 2.45) is 10.8 Å². The number of para-hydroxylation sites is 6. The summed E-state index contributed by atoms with van der Waals surface area (Å²) < 4.78 is 6.04. The Hall–Kier alpha value is -7.72. The van der Waals surface area contributed by atoms with Crippen LogP contribution in [0.5, 0.6) is 0 Å². The Balaban J connectivity index is 0.0000000976. The third kappa shape index (κ3) is 12.0. The van der Waals surface area contributed by atoms with Gasteiger partial charge in [0.15, 0.2) is 0 Å². The van der Waals surface area contributed by atoms with Gasteiger partial charge in [0, 0.05) is 269 Å². The van der Waals surface area contributed by atoms with Crippen LogP contribution < -0.4 is 0 Å². The molecule has 3 aliphatic carbocycles. The second kappa shape index (κ2) is 28.4. The predicted octanol–water partition coefficient (Wildman–Crippen LogP) is 25.2. The third-order valence-electron chi connectivity index (χ3n) is 35.2. The van der Waals surface area contributed by atoms with Crippen molar-refractivity contribution in [1.82, 2.24) is 59.3 Å². The molecule has 13 heteroatoms. The molecule has 6 saturated heterocycles. The molecule has 12 bridgehead atoms. The Labute approximate surface area is 742 Å². The van der Waals surface area contributed by atoms with E-state index in [0.717, 1.165) is 38.9 Å². The van der Waals surface area contributed by atoms with E-state index in [-0.39, 0.29) is 60.7 Å². The lowest BCUT2D eigenvalue weighted by Crippen LogP contribution is -2.85. The van der Waals surface area contributed by atoms with Crippen LogP contribution in [0.15, 0.2) is 146 Å². The molecule has 12 aromatic rings. The molecular formula is C111H150N12O. The van der Waals surface area contributed by atoms with Crippen molar-refractivity contribution >= 4 is 65.4 Å². The maximum absolute atomic E-state index is 6.04. The van der Waals surface area contributed by atoms with Crippen molar-refractivity contribution in [2.75, 3.05) is 26.3 Å². The van der Waals surface area contributed by atoms with E-state index in [1.165, 1.54) is 163 Å². The Kier molecular flexibility index (Phi) is 19.6. The molecule has 0 saturated carbocycles. The van der Waals surface area contributed by atoms with E-state index < -0.39 is 0 Å². The van der Waals surface area contributed by atoms with Crippen LogP contribution in [0.25, 0.3) is 65.4 Å². The van der Waals surface area contributed by atoms with Gasteiger partial charge in [-0.25, -0.2) is 0 Å². The highest BCUT2D eigenvalue weighted by Gasteiger charge is 2.75. The molecule has 6 aromatic carbocycles. The van der Waals surface area contributed by atoms with E-state index in [4.69, 9.17) is 4.74 Å². The Bertz CT molecular complexity index is 6160. The number of ether oxygens (including phenoxy) is 1. The zero-order chi connectivity index (χ0) is 88.3. The van der Waals surface area contributed by atoms with E-state index in [1.54, 1.807) is 27.8 Å². The number of H-pyrrole nitrogens is 6. The van der Waals surface area contributed by atoms with Crippen molar-refractivity contribution in [3.8, 4) is 0 Å². The van der Waals surface area contributed by atoms with Gasteiger partial charge in [-0.05, 0) is 239 Å². The minimum Gasteiger partial charge on any atom is -0.377 e. The highest BCUT2D eigenvalue weighted by Crippen LogP contribution is 2.71. The molecule has 124 heavy (non-hydrogen) atoms. The minimum absolute atomic E-state index is 0.0473. The second-order valence-electron chi connectivity index (χ2n) is 47.1. The molecule has 0 radical (unpaired) electrons. The summed E-state index contributed by atoms with van der Waals surface area (Å²) in [7, 11) is 0. The standard InChI is InChI=1S/C21H30N2.C19H26N2.C18H24N2O.2C18H24N2.C17H22N2/c1-14(2)23-20(5)11-17-18(15-9-7-8-10-16(15)22-17)21(23,6)13-19(3,4)12-20;1-12(2)21-18(5)11-15-16(19(21,6)17(18,3)4)13-9-7-8-10-14(13)20-15;1-12(2)20-17(3)9-15-16(18(20,4)11-21-10-17)13-7-5-6-8-14(13)19-15;1-12(2)20-11-17(3)9-10-18(20,4)15-13-7-5-6-8-14(13)19-16(15)17;1-12(2)20-17(3)9-10-18(20,4)16-13-7-5-6-8-14(13)19-15(16)11-17;1-11(2)19-10-16(3)9-17(19,4)14-12-7-5-6-8-13(12)18-15(14)16/h7-10,14,22H,11-13H2,1-6H3;7-10,12,20H,11H2,1-6H3;5-8,12,19H,9-11H2,1-4H3;2*5-8,12,19H,9-11H2,1-4H3;5-8,11,18H,9-10H2,1-4H3. The lowest BCUT2D eigenvalue weighted by molar-refractivity contribution is -0.276. The highest BCUT2D eigenvalue weighted by molar-refractivity contribution is 5.92. The van der Waals surface area contributed by atoms with Gasteiger partial charge in [0.05, 0.1) is 24.3 Å². The molecule has 14 aliphatic rings. The topological polar surface area (TPSA) is 123 Å². The number of rotatable bonds is 6. The smallest absolute Gasteiger partial charge is 0.0699 e. The van der Waals surface area contributed by atoms with Crippen LogP contribution in [0.2, 0.25) is 0 Å². The number of nitrogens with one attached hydrogen (secondary N) is 6. The van der Waals surface area contributed by atoms with Gasteiger partial charge in [0.25, 0.3) is 0 Å². The quantitative estimate of drug-likeness (QED) is 0.0980. The summed E-state index contributed by atoms with van der Waals surface area (Å²) in [4.78, 5) is 38.7. The van der Waals surface area contributed by atoms with Crippen LogP contribution in [-0.4, -0.2) is 144 Å². The lowest BCUT2D eigenvalue weighted by Gasteiger charge is -2.78. The molecule has 26 rings (SSSR count). The monoisotopic (exact) mass is 1670 g/mol. The molecule has 12 unspecified atom stereocenters. The lowest BCUT2D eigenvalue weighted by atomic mass is 9.44. The Morgan fingerprint density at radius 3 is 1.09 bits per heavy atom. The molecule has 13 nitrogen and oxygen atoms in total. The zero-order valence-corrected chi connectivity index (χ0v) is 81.0. The summed E-state index contributed by atoms with van der Waals surface area (Å²) in [6.45, 7) is 71.1. The SMILES string of the molecule is CC(C)N1C2(C)CCC1(C)c1c([nH]c3ccccc13)C2.CC(C)N1C2(C)COCC1(C)c1c([nH]c3ccccc13)C2.CC(C)N1C2(C)Cc3[nH]c4ccccc4c3C1(C)C2(C)C.CC(C)N1C2(C)Cc3[nH]c4ccccc4c3C1(C)CC(C)(C)C2.CC(C)N1CC2(C)CC1(C)c1c2[nH]c2ccccc12.CC(C)N1CC2(C)CCC1(C)c1c2[nH]c2ccccc12. The van der Waals surface area contributed by atoms with E-state index in [9.17, 15) is 0 Å². The summed E-state index contributed by atoms with van der Waals surface area (Å²) in [5.74, 6) is 0. The Morgan fingerprint density at radius 2 is 0.629 bits per heavy atom. The molecule has 6 fully saturated rings. The number of aromatic amines is 6. The largest absolute Gasteiger partial charge is 0.377 e. The van der Waals surface area contributed by atoms with Crippen molar-refractivity contribution in [2.45, 2.75) is 367 Å². The van der Waals surface area contributed by atoms with Crippen LogP contribution in [0, 0.1) is 10.8 Å². The summed E-state index contributed by atoms with van der Waals surface area (Å²) in [6.07, 6.45) is 13.3. The first kappa shape index (κ1) is 85.7. The van der Waals surface area contributed by atoms with Gasteiger partial charge < -0.3 is 34.6 Å². The van der Waals surface area contributed by atoms with Crippen molar-refractivity contribution < 1.29 is 4.74 Å². The fourth-order valence-corrected chi connectivity index (χ4v) is 32.1. The first-order valence-electron chi connectivity index (χ1n) is 48.2. The maximum atomic E-state index is 6.04. The number of likely N-dealkylation sites (tertiary alicyclic amines) is 1. The van der Waals surface area contributed by atoms with Crippen LogP contribution in [0.1, 0.15) is 306 Å². The number of hydrogen-bond donors (Lipinski definition) is 6. The second-order valence-corrected chi connectivity index (χ2v) is 47.1. The van der Waals surface area contributed by atoms with Crippen LogP contribution >= 0.6 is 0 Å². The summed E-state index contributed by atoms with van der Waals surface area (Å²) in [5, 5.41) is 8.48. The number of morpholine rings is 1. The van der Waals surface area contributed by atoms with Crippen molar-refractivity contribution in [3.05, 3.63) is 213 Å². The number of nitrogens with zero attached hydrogens (tertiary/aromatic N) is 6. The fourth-order valence-electron chi connectivity index (χ4n) is 32.1. The molecule has 6 N–H and O–H groups in total. The van der Waals surface area contributed by atoms with Gasteiger partial charge in [0.2, 0.25) is 0 Å². The summed E-state index contributed by atoms with van der Waals surface area (Å²) in [5.41, 5.74) is 28.7. The first-order chi connectivity index (χ1) is 58.2. The van der Waals surface area contributed by atoms with Crippen molar-refractivity contribution in [1.29, 1.82) is 0 Å². The number of fused-ring (bicyclic) bond motifs is 29. The van der Waals surface area contributed by atoms with E-state index >= 15 is 0 Å². The van der Waals surface area contributed by atoms with Crippen LogP contribution in [0.3, 0.4) is 0 Å². The van der Waals surface area contributed by atoms with Gasteiger partial charge in [-0.2, -0.15) is 0 Å². The number of aromatic nitrogens is 6. The fraction of sp³-hybridized carbons (Fsp3) is 0.568. The van der Waals surface area contributed by atoms with Gasteiger partial charge in [0.1, 0.15) is 0 Å². The molecule has 6 aromatic heterocycles. The number of hydrogen-bond acceptors (Lipinski definition) is 7. The van der Waals surface area contributed by atoms with Gasteiger partial charge in [-0.15, -0.1) is 0 Å². The molecule has 0 spiro atoms. The van der Waals surface area contributed by atoms with Gasteiger partial charge in [-0.3, -0.25) is 29.4 Å². The maximum Gasteiger partial charge on any atom is 0.0699 e. The zero-order valence-electron chi connectivity index (χ0n) is 81.0. The molecular weight excluding hydrogens is 1520 g/mol. The highest BCUT2D eigenvalue weighted by atomic mass is 16.5. The number of piperidine rings is 2. The summed E-state index contributed by atoms with van der Waals surface area (Å²) in [6, 6.07) is 56.1. The van der Waals surface area contributed by atoms with Crippen LogP contribution in [0.4, 0.5) is 0 Å². The van der Waals surface area contributed by atoms with E-state index in [1.807, 2.05) is 0 Å². The molecule has 17 heterocycles. The molecule has 0 amide bonds. The van der Waals surface area contributed by atoms with Crippen molar-refractivity contribution in [3.63, 3.8) is 0 Å². The van der Waals surface area contributed by atoms with Gasteiger partial charge in [-0.1, -0.05) is 151 Å². The average Bonchev–Trinajstić information content (AvgIpc) is 1.09. The molecule has 660 valence electrons. The van der Waals surface area contributed by atoms with Crippen LogP contribution in [-0.2, 0) is 74.5 Å².